The molecule has 0 radical (unpaired) electrons. The van der Waals surface area contributed by atoms with Crippen molar-refractivity contribution in [2.75, 3.05) is 0 Å². The Morgan fingerprint density at radius 2 is 1.92 bits per heavy atom. The Bertz CT molecular complexity index is 180. The molecular formula is C9H17NO2. The van der Waals surface area contributed by atoms with E-state index in [1.165, 1.54) is 0 Å². The van der Waals surface area contributed by atoms with Crippen molar-refractivity contribution in [3.05, 3.63) is 0 Å². The van der Waals surface area contributed by atoms with Crippen molar-refractivity contribution in [2.45, 2.75) is 51.7 Å². The SMILES string of the molecule is CC1(NC(=O)OC(C)(C)C)CC1. The molecule has 0 aliphatic heterocycles. The molecule has 0 heterocycles. The van der Waals surface area contributed by atoms with E-state index in [0.29, 0.717) is 0 Å². The van der Waals surface area contributed by atoms with Crippen LogP contribution in [0.15, 0.2) is 0 Å². The highest BCUT2D eigenvalue weighted by Crippen LogP contribution is 2.34. The quantitative estimate of drug-likeness (QED) is 0.655. The second-order valence-electron chi connectivity index (χ2n) is 4.69. The molecule has 0 aromatic carbocycles. The van der Waals surface area contributed by atoms with Gasteiger partial charge in [0.2, 0.25) is 0 Å². The van der Waals surface area contributed by atoms with Crippen LogP contribution in [0.4, 0.5) is 4.79 Å². The van der Waals surface area contributed by atoms with Gasteiger partial charge in [-0.2, -0.15) is 0 Å². The fourth-order valence-electron chi connectivity index (χ4n) is 0.863. The first-order chi connectivity index (χ1) is 5.31. The predicted octanol–water partition coefficient (Wildman–Crippen LogP) is 2.06. The van der Waals surface area contributed by atoms with Crippen LogP contribution in [0.1, 0.15) is 40.5 Å². The summed E-state index contributed by atoms with van der Waals surface area (Å²) in [6.07, 6.45) is 1.82. The van der Waals surface area contributed by atoms with Gasteiger partial charge in [-0.15, -0.1) is 0 Å². The number of carbonyl (C=O) groups is 1. The molecule has 1 saturated carbocycles. The maximum atomic E-state index is 11.2. The van der Waals surface area contributed by atoms with Gasteiger partial charge < -0.3 is 10.1 Å². The van der Waals surface area contributed by atoms with Crippen molar-refractivity contribution in [2.24, 2.45) is 0 Å². The second-order valence-corrected chi connectivity index (χ2v) is 4.69. The van der Waals surface area contributed by atoms with Gasteiger partial charge in [-0.3, -0.25) is 0 Å². The molecule has 70 valence electrons. The average Bonchev–Trinajstić information content (AvgIpc) is 2.40. The van der Waals surface area contributed by atoms with Crippen LogP contribution in [-0.4, -0.2) is 17.2 Å². The molecule has 0 aromatic rings. The molecule has 1 aliphatic rings. The lowest BCUT2D eigenvalue weighted by Crippen LogP contribution is -2.38. The first-order valence-corrected chi connectivity index (χ1v) is 4.32. The van der Waals surface area contributed by atoms with E-state index in [1.54, 1.807) is 0 Å². The minimum Gasteiger partial charge on any atom is -0.444 e. The normalized spacial score (nSPS) is 20.0. The first kappa shape index (κ1) is 9.36. The third-order valence-corrected chi connectivity index (χ3v) is 1.80. The minimum absolute atomic E-state index is 0.0162. The largest absolute Gasteiger partial charge is 0.444 e. The first-order valence-electron chi connectivity index (χ1n) is 4.32. The molecule has 1 amide bonds. The van der Waals surface area contributed by atoms with Gasteiger partial charge in [0.15, 0.2) is 0 Å². The number of hydrogen-bond acceptors (Lipinski definition) is 2. The molecule has 0 bridgehead atoms. The number of hydrogen-bond donors (Lipinski definition) is 1. The Morgan fingerprint density at radius 3 is 2.25 bits per heavy atom. The Balaban J connectivity index is 2.30. The Hall–Kier alpha value is -0.730. The second kappa shape index (κ2) is 2.64. The van der Waals surface area contributed by atoms with Crippen molar-refractivity contribution in [1.29, 1.82) is 0 Å². The number of alkyl carbamates (subject to hydrolysis) is 1. The van der Waals surface area contributed by atoms with Crippen LogP contribution in [-0.2, 0) is 4.74 Å². The van der Waals surface area contributed by atoms with Gasteiger partial charge in [-0.1, -0.05) is 0 Å². The third-order valence-electron chi connectivity index (χ3n) is 1.80. The van der Waals surface area contributed by atoms with Crippen LogP contribution >= 0.6 is 0 Å². The Kier molecular flexibility index (Phi) is 2.06. The lowest BCUT2D eigenvalue weighted by molar-refractivity contribution is 0.0502. The summed E-state index contributed by atoms with van der Waals surface area (Å²) in [5, 5.41) is 2.83. The van der Waals surface area contributed by atoms with Crippen LogP contribution in [0, 0.1) is 0 Å². The van der Waals surface area contributed by atoms with E-state index in [9.17, 15) is 4.79 Å². The van der Waals surface area contributed by atoms with Crippen molar-refractivity contribution in [3.8, 4) is 0 Å². The fraction of sp³-hybridized carbons (Fsp3) is 0.889. The average molecular weight is 171 g/mol. The summed E-state index contributed by atoms with van der Waals surface area (Å²) in [4.78, 5) is 11.2. The summed E-state index contributed by atoms with van der Waals surface area (Å²) < 4.78 is 5.10. The number of carbonyl (C=O) groups excluding carboxylic acids is 1. The van der Waals surface area contributed by atoms with E-state index in [-0.39, 0.29) is 11.6 Å². The summed E-state index contributed by atoms with van der Waals surface area (Å²) in [6.45, 7) is 7.61. The molecule has 0 atom stereocenters. The lowest BCUT2D eigenvalue weighted by Gasteiger charge is -2.21. The highest BCUT2D eigenvalue weighted by Gasteiger charge is 2.39. The lowest BCUT2D eigenvalue weighted by atomic mass is 10.2. The molecule has 0 unspecified atom stereocenters. The highest BCUT2D eigenvalue weighted by molar-refractivity contribution is 5.69. The molecule has 1 fully saturated rings. The van der Waals surface area contributed by atoms with Crippen LogP contribution in [0.25, 0.3) is 0 Å². The minimum atomic E-state index is -0.394. The maximum absolute atomic E-state index is 11.2. The van der Waals surface area contributed by atoms with Crippen LogP contribution in [0.3, 0.4) is 0 Å². The summed E-state index contributed by atoms with van der Waals surface area (Å²) in [6, 6.07) is 0. The van der Waals surface area contributed by atoms with Crippen molar-refractivity contribution >= 4 is 6.09 Å². The Morgan fingerprint density at radius 1 is 1.42 bits per heavy atom. The van der Waals surface area contributed by atoms with E-state index in [2.05, 4.69) is 5.32 Å². The van der Waals surface area contributed by atoms with Crippen LogP contribution < -0.4 is 5.32 Å². The maximum Gasteiger partial charge on any atom is 0.408 e. The predicted molar refractivity (Wildman–Crippen MR) is 47.0 cm³/mol. The van der Waals surface area contributed by atoms with E-state index in [1.807, 2.05) is 27.7 Å². The number of amides is 1. The summed E-state index contributed by atoms with van der Waals surface area (Å²) in [5.41, 5.74) is -0.377. The smallest absolute Gasteiger partial charge is 0.408 e. The summed E-state index contributed by atoms with van der Waals surface area (Å²) in [5.74, 6) is 0. The van der Waals surface area contributed by atoms with Crippen molar-refractivity contribution in [1.82, 2.24) is 5.32 Å². The van der Waals surface area contributed by atoms with Gasteiger partial charge >= 0.3 is 6.09 Å². The molecule has 0 spiro atoms. The molecule has 1 N–H and O–H groups in total. The Labute approximate surface area is 73.5 Å². The molecule has 3 heteroatoms. The summed E-state index contributed by atoms with van der Waals surface area (Å²) >= 11 is 0. The van der Waals surface area contributed by atoms with E-state index < -0.39 is 5.60 Å². The van der Waals surface area contributed by atoms with Crippen LogP contribution in [0.2, 0.25) is 0 Å². The van der Waals surface area contributed by atoms with Gasteiger partial charge in [-0.05, 0) is 40.5 Å². The van der Waals surface area contributed by atoms with E-state index >= 15 is 0 Å². The molecule has 12 heavy (non-hydrogen) atoms. The zero-order valence-corrected chi connectivity index (χ0v) is 8.23. The topological polar surface area (TPSA) is 38.3 Å². The highest BCUT2D eigenvalue weighted by atomic mass is 16.6. The van der Waals surface area contributed by atoms with Gasteiger partial charge in [0.05, 0.1) is 0 Å². The molecule has 0 aromatic heterocycles. The molecule has 0 saturated heterocycles. The zero-order chi connectivity index (χ0) is 9.41. The van der Waals surface area contributed by atoms with Crippen molar-refractivity contribution < 1.29 is 9.53 Å². The molecular weight excluding hydrogens is 154 g/mol. The van der Waals surface area contributed by atoms with Crippen molar-refractivity contribution in [3.63, 3.8) is 0 Å². The number of nitrogens with one attached hydrogen (secondary N) is 1. The third kappa shape index (κ3) is 3.11. The number of rotatable bonds is 1. The van der Waals surface area contributed by atoms with Gasteiger partial charge in [0.1, 0.15) is 5.60 Å². The molecule has 1 aliphatic carbocycles. The zero-order valence-electron chi connectivity index (χ0n) is 8.23. The van der Waals surface area contributed by atoms with E-state index in [4.69, 9.17) is 4.74 Å². The fourth-order valence-corrected chi connectivity index (χ4v) is 0.863. The van der Waals surface area contributed by atoms with Gasteiger partial charge in [0.25, 0.3) is 0 Å². The van der Waals surface area contributed by atoms with Gasteiger partial charge in [0, 0.05) is 5.54 Å². The monoisotopic (exact) mass is 171 g/mol. The summed E-state index contributed by atoms with van der Waals surface area (Å²) in [7, 11) is 0. The number of ether oxygens (including phenoxy) is 1. The molecule has 1 rings (SSSR count). The van der Waals surface area contributed by atoms with E-state index in [0.717, 1.165) is 12.8 Å². The van der Waals surface area contributed by atoms with Crippen LogP contribution in [0.5, 0.6) is 0 Å². The van der Waals surface area contributed by atoms with Gasteiger partial charge in [-0.25, -0.2) is 4.79 Å². The molecule has 3 nitrogen and oxygen atoms in total. The standard InChI is InChI=1S/C9H17NO2/c1-8(2,3)12-7(11)10-9(4)5-6-9/h5-6H2,1-4H3,(H,10,11).